The number of carbonyl (C=O) groups excluding carboxylic acids is 1. The van der Waals surface area contributed by atoms with Crippen molar-refractivity contribution in [2.24, 2.45) is 0 Å². The van der Waals surface area contributed by atoms with Gasteiger partial charge in [-0.1, -0.05) is 6.07 Å². The van der Waals surface area contributed by atoms with Gasteiger partial charge in [0.1, 0.15) is 5.82 Å². The smallest absolute Gasteiger partial charge is 0.304 e. The second-order valence-corrected chi connectivity index (χ2v) is 5.24. The van der Waals surface area contributed by atoms with Crippen LogP contribution in [0.2, 0.25) is 0 Å². The lowest BCUT2D eigenvalue weighted by molar-refractivity contribution is -0.137. The minimum Gasteiger partial charge on any atom is -0.481 e. The van der Waals surface area contributed by atoms with Gasteiger partial charge in [0.2, 0.25) is 0 Å². The van der Waals surface area contributed by atoms with Crippen LogP contribution in [0.3, 0.4) is 0 Å². The summed E-state index contributed by atoms with van der Waals surface area (Å²) in [7, 11) is 0. The van der Waals surface area contributed by atoms with E-state index in [0.29, 0.717) is 38.3 Å². The predicted octanol–water partition coefficient (Wildman–Crippen LogP) is 1.37. The van der Waals surface area contributed by atoms with E-state index in [2.05, 4.69) is 0 Å². The molecule has 1 aromatic carbocycles. The molecule has 1 fully saturated rings. The van der Waals surface area contributed by atoms with E-state index in [1.165, 1.54) is 12.1 Å². The second kappa shape index (κ2) is 6.67. The van der Waals surface area contributed by atoms with Gasteiger partial charge in [0.25, 0.3) is 5.91 Å². The molecule has 2 rings (SSSR count). The first-order valence-corrected chi connectivity index (χ1v) is 6.97. The van der Waals surface area contributed by atoms with Crippen LogP contribution in [0.15, 0.2) is 18.2 Å². The molecule has 0 atom stereocenters. The van der Waals surface area contributed by atoms with Gasteiger partial charge in [-0.2, -0.15) is 0 Å². The molecule has 0 radical (unpaired) electrons. The summed E-state index contributed by atoms with van der Waals surface area (Å²) in [5, 5.41) is 8.66. The van der Waals surface area contributed by atoms with Crippen molar-refractivity contribution in [3.63, 3.8) is 0 Å². The Morgan fingerprint density at radius 3 is 2.52 bits per heavy atom. The van der Waals surface area contributed by atoms with E-state index in [1.807, 2.05) is 4.90 Å². The number of carbonyl (C=O) groups is 2. The monoisotopic (exact) mass is 294 g/mol. The Morgan fingerprint density at radius 2 is 1.90 bits per heavy atom. The molecule has 0 spiro atoms. The summed E-state index contributed by atoms with van der Waals surface area (Å²) in [5.74, 6) is -1.39. The molecule has 1 aliphatic heterocycles. The van der Waals surface area contributed by atoms with Crippen LogP contribution >= 0.6 is 0 Å². The van der Waals surface area contributed by atoms with E-state index in [-0.39, 0.29) is 12.3 Å². The summed E-state index contributed by atoms with van der Waals surface area (Å²) in [6, 6.07) is 4.22. The number of amides is 1. The van der Waals surface area contributed by atoms with Crippen LogP contribution in [0.1, 0.15) is 22.3 Å². The van der Waals surface area contributed by atoms with Crippen LogP contribution < -0.4 is 0 Å². The van der Waals surface area contributed by atoms with Gasteiger partial charge in [-0.3, -0.25) is 14.5 Å². The molecule has 1 heterocycles. The molecule has 1 aliphatic rings. The lowest BCUT2D eigenvalue weighted by Crippen LogP contribution is -2.49. The summed E-state index contributed by atoms with van der Waals surface area (Å²) >= 11 is 0. The standard InChI is InChI=1S/C15H19FN2O3/c1-11-2-3-12(16)10-13(11)15(21)18-8-6-17(7-9-18)5-4-14(19)20/h2-3,10H,4-9H2,1H3,(H,19,20). The van der Waals surface area contributed by atoms with Gasteiger partial charge < -0.3 is 10.0 Å². The van der Waals surface area contributed by atoms with Crippen molar-refractivity contribution >= 4 is 11.9 Å². The molecule has 6 heteroatoms. The molecule has 0 unspecified atom stereocenters. The SMILES string of the molecule is Cc1ccc(F)cc1C(=O)N1CCN(CCC(=O)O)CC1. The molecule has 21 heavy (non-hydrogen) atoms. The number of rotatable bonds is 4. The van der Waals surface area contributed by atoms with E-state index in [1.54, 1.807) is 17.9 Å². The molecular formula is C15H19FN2O3. The minimum absolute atomic E-state index is 0.108. The van der Waals surface area contributed by atoms with Gasteiger partial charge in [0.05, 0.1) is 6.42 Å². The van der Waals surface area contributed by atoms with Crippen molar-refractivity contribution in [3.8, 4) is 0 Å². The Kier molecular flexibility index (Phi) is 4.90. The molecule has 0 bridgehead atoms. The third kappa shape index (κ3) is 4.01. The van der Waals surface area contributed by atoms with Crippen molar-refractivity contribution in [2.75, 3.05) is 32.7 Å². The van der Waals surface area contributed by atoms with Gasteiger partial charge in [-0.05, 0) is 24.6 Å². The molecule has 1 amide bonds. The summed E-state index contributed by atoms with van der Waals surface area (Å²) in [6.07, 6.45) is 0.108. The zero-order valence-electron chi connectivity index (χ0n) is 12.0. The van der Waals surface area contributed by atoms with Crippen molar-refractivity contribution in [1.29, 1.82) is 0 Å². The number of hydrogen-bond donors (Lipinski definition) is 1. The molecule has 1 N–H and O–H groups in total. The van der Waals surface area contributed by atoms with Gasteiger partial charge in [0, 0.05) is 38.3 Å². The third-order valence-electron chi connectivity index (χ3n) is 3.73. The molecule has 0 aliphatic carbocycles. The molecule has 0 aromatic heterocycles. The maximum Gasteiger partial charge on any atom is 0.304 e. The van der Waals surface area contributed by atoms with Crippen LogP contribution in [0.25, 0.3) is 0 Å². The zero-order chi connectivity index (χ0) is 15.4. The number of carboxylic acids is 1. The minimum atomic E-state index is -0.816. The van der Waals surface area contributed by atoms with Crippen molar-refractivity contribution in [3.05, 3.63) is 35.1 Å². The van der Waals surface area contributed by atoms with Gasteiger partial charge >= 0.3 is 5.97 Å². The highest BCUT2D eigenvalue weighted by Crippen LogP contribution is 2.14. The maximum atomic E-state index is 13.3. The molecule has 1 aromatic rings. The zero-order valence-corrected chi connectivity index (χ0v) is 12.0. The van der Waals surface area contributed by atoms with E-state index < -0.39 is 11.8 Å². The van der Waals surface area contributed by atoms with E-state index in [9.17, 15) is 14.0 Å². The quantitative estimate of drug-likeness (QED) is 0.911. The number of hydrogen-bond acceptors (Lipinski definition) is 3. The summed E-state index contributed by atoms with van der Waals surface area (Å²) in [6.45, 7) is 4.65. The predicted molar refractivity (Wildman–Crippen MR) is 75.7 cm³/mol. The molecule has 5 nitrogen and oxygen atoms in total. The number of aryl methyl sites for hydroxylation is 1. The molecular weight excluding hydrogens is 275 g/mol. The van der Waals surface area contributed by atoms with E-state index in [4.69, 9.17) is 5.11 Å². The number of nitrogens with zero attached hydrogens (tertiary/aromatic N) is 2. The number of benzene rings is 1. The summed E-state index contributed by atoms with van der Waals surface area (Å²) in [5.41, 5.74) is 1.16. The van der Waals surface area contributed by atoms with Crippen LogP contribution in [-0.4, -0.2) is 59.5 Å². The summed E-state index contributed by atoms with van der Waals surface area (Å²) in [4.78, 5) is 26.7. The lowest BCUT2D eigenvalue weighted by Gasteiger charge is -2.34. The fraction of sp³-hybridized carbons (Fsp3) is 0.467. The second-order valence-electron chi connectivity index (χ2n) is 5.24. The molecule has 1 saturated heterocycles. The van der Waals surface area contributed by atoms with Crippen LogP contribution in [-0.2, 0) is 4.79 Å². The lowest BCUT2D eigenvalue weighted by atomic mass is 10.1. The Morgan fingerprint density at radius 1 is 1.24 bits per heavy atom. The van der Waals surface area contributed by atoms with Crippen LogP contribution in [0, 0.1) is 12.7 Å². The van der Waals surface area contributed by atoms with Crippen molar-refractivity contribution in [1.82, 2.24) is 9.80 Å². The average molecular weight is 294 g/mol. The molecule has 114 valence electrons. The topological polar surface area (TPSA) is 60.9 Å². The Bertz CT molecular complexity index is 540. The normalized spacial score (nSPS) is 16.0. The van der Waals surface area contributed by atoms with Gasteiger partial charge in [-0.15, -0.1) is 0 Å². The third-order valence-corrected chi connectivity index (χ3v) is 3.73. The van der Waals surface area contributed by atoms with Crippen LogP contribution in [0.5, 0.6) is 0 Å². The first kappa shape index (κ1) is 15.4. The van der Waals surface area contributed by atoms with Gasteiger partial charge in [0.15, 0.2) is 0 Å². The largest absolute Gasteiger partial charge is 0.481 e. The van der Waals surface area contributed by atoms with Crippen LogP contribution in [0.4, 0.5) is 4.39 Å². The van der Waals surface area contributed by atoms with Crippen molar-refractivity contribution < 1.29 is 19.1 Å². The highest BCUT2D eigenvalue weighted by Gasteiger charge is 2.23. The highest BCUT2D eigenvalue weighted by atomic mass is 19.1. The number of aliphatic carboxylic acids is 1. The highest BCUT2D eigenvalue weighted by molar-refractivity contribution is 5.95. The summed E-state index contributed by atoms with van der Waals surface area (Å²) < 4.78 is 13.3. The van der Waals surface area contributed by atoms with Gasteiger partial charge in [-0.25, -0.2) is 4.39 Å². The fourth-order valence-corrected chi connectivity index (χ4v) is 2.42. The number of halogens is 1. The average Bonchev–Trinajstić information content (AvgIpc) is 2.47. The molecule has 0 saturated carbocycles. The first-order valence-electron chi connectivity index (χ1n) is 6.97. The first-order chi connectivity index (χ1) is 9.97. The number of carboxylic acid groups (broad SMARTS) is 1. The van der Waals surface area contributed by atoms with E-state index >= 15 is 0 Å². The van der Waals surface area contributed by atoms with E-state index in [0.717, 1.165) is 5.56 Å². The Hall–Kier alpha value is -1.95. The number of piperazine rings is 1. The van der Waals surface area contributed by atoms with Crippen molar-refractivity contribution in [2.45, 2.75) is 13.3 Å². The fourth-order valence-electron chi connectivity index (χ4n) is 2.42. The Labute approximate surface area is 123 Å². The maximum absolute atomic E-state index is 13.3. The Balaban J connectivity index is 1.94.